The number of nitrogens with zero attached hydrogens (tertiary/aromatic N) is 4. The minimum atomic E-state index is 0.214. The molecule has 0 bridgehead atoms. The average molecular weight is 400 g/mol. The molecule has 7 heteroatoms. The molecule has 3 heterocycles. The number of rotatable bonds is 4. The van der Waals surface area contributed by atoms with Gasteiger partial charge in [0.15, 0.2) is 5.65 Å². The summed E-state index contributed by atoms with van der Waals surface area (Å²) in [5, 5.41) is 18.1. The average Bonchev–Trinajstić information content (AvgIpc) is 3.31. The fourth-order valence-electron chi connectivity index (χ4n) is 4.15. The molecule has 0 amide bonds. The van der Waals surface area contributed by atoms with E-state index in [1.54, 1.807) is 18.5 Å². The van der Waals surface area contributed by atoms with Crippen LogP contribution in [0.25, 0.3) is 16.9 Å². The fraction of sp³-hybridized carbons (Fsp3) is 0.261. The van der Waals surface area contributed by atoms with Gasteiger partial charge in [0.2, 0.25) is 0 Å². The van der Waals surface area contributed by atoms with Crippen LogP contribution in [-0.2, 0) is 12.8 Å². The molecule has 1 aliphatic carbocycles. The molecule has 4 aromatic rings. The molecule has 30 heavy (non-hydrogen) atoms. The summed E-state index contributed by atoms with van der Waals surface area (Å²) in [6.07, 6.45) is 7.04. The summed E-state index contributed by atoms with van der Waals surface area (Å²) in [5.74, 6) is 1.49. The lowest BCUT2D eigenvalue weighted by molar-refractivity contribution is 0.474. The van der Waals surface area contributed by atoms with Crippen LogP contribution in [0.2, 0.25) is 0 Å². The van der Waals surface area contributed by atoms with Crippen LogP contribution in [0.4, 0.5) is 11.5 Å². The third kappa shape index (κ3) is 3.22. The fourth-order valence-corrected chi connectivity index (χ4v) is 4.15. The van der Waals surface area contributed by atoms with Gasteiger partial charge in [0.1, 0.15) is 11.6 Å². The van der Waals surface area contributed by atoms with Crippen LogP contribution >= 0.6 is 0 Å². The molecule has 7 nitrogen and oxygen atoms in total. The largest absolute Gasteiger partial charge is 0.508 e. The number of anilines is 2. The standard InChI is InChI=1S/C23H24N6O/c1-13(2)20-12-26-29-22(27-18-6-14-3-4-19(30)8-15(14)7-18)9-21(28-23(20)29)16-5-17(24)11-25-10-16/h3-5,8-13,18,27,30H,6-7,24H2,1-2H3/t18-/m0/s1. The highest BCUT2D eigenvalue weighted by Crippen LogP contribution is 2.31. The molecule has 0 spiro atoms. The minimum Gasteiger partial charge on any atom is -0.508 e. The van der Waals surface area contributed by atoms with E-state index in [1.807, 2.05) is 35.0 Å². The number of phenols is 1. The van der Waals surface area contributed by atoms with Crippen molar-refractivity contribution in [3.63, 3.8) is 0 Å². The zero-order valence-electron chi connectivity index (χ0n) is 17.0. The van der Waals surface area contributed by atoms with E-state index in [1.165, 1.54) is 11.1 Å². The van der Waals surface area contributed by atoms with E-state index in [0.29, 0.717) is 17.4 Å². The Morgan fingerprint density at radius 2 is 1.93 bits per heavy atom. The number of pyridine rings is 1. The molecule has 1 atom stereocenters. The van der Waals surface area contributed by atoms with E-state index in [4.69, 9.17) is 10.7 Å². The number of nitrogens with two attached hydrogens (primary N) is 1. The maximum atomic E-state index is 9.79. The van der Waals surface area contributed by atoms with Crippen LogP contribution < -0.4 is 11.1 Å². The Kier molecular flexibility index (Phi) is 4.31. The first kappa shape index (κ1) is 18.4. The Hall–Kier alpha value is -3.61. The van der Waals surface area contributed by atoms with Crippen molar-refractivity contribution in [1.82, 2.24) is 19.6 Å². The lowest BCUT2D eigenvalue weighted by Gasteiger charge is -2.16. The lowest BCUT2D eigenvalue weighted by atomic mass is 10.1. The number of hydrogen-bond acceptors (Lipinski definition) is 6. The number of nitrogen functional groups attached to an aromatic ring is 1. The van der Waals surface area contributed by atoms with Crippen molar-refractivity contribution in [2.45, 2.75) is 38.6 Å². The summed E-state index contributed by atoms with van der Waals surface area (Å²) in [4.78, 5) is 9.11. The van der Waals surface area contributed by atoms with Crippen LogP contribution in [0.3, 0.4) is 0 Å². The summed E-state index contributed by atoms with van der Waals surface area (Å²) in [6, 6.07) is 9.71. The van der Waals surface area contributed by atoms with Crippen LogP contribution in [0.1, 0.15) is 36.5 Å². The molecule has 152 valence electrons. The minimum absolute atomic E-state index is 0.214. The molecule has 0 saturated heterocycles. The van der Waals surface area contributed by atoms with E-state index in [0.717, 1.165) is 41.1 Å². The van der Waals surface area contributed by atoms with Crippen LogP contribution in [0.5, 0.6) is 5.75 Å². The van der Waals surface area contributed by atoms with Gasteiger partial charge in [-0.3, -0.25) is 4.98 Å². The van der Waals surface area contributed by atoms with Gasteiger partial charge in [-0.05, 0) is 48.1 Å². The van der Waals surface area contributed by atoms with Crippen molar-refractivity contribution in [2.75, 3.05) is 11.1 Å². The van der Waals surface area contributed by atoms with E-state index in [9.17, 15) is 5.11 Å². The first-order chi connectivity index (χ1) is 14.5. The maximum absolute atomic E-state index is 9.79. The second-order valence-electron chi connectivity index (χ2n) is 8.23. The van der Waals surface area contributed by atoms with Crippen molar-refractivity contribution in [1.29, 1.82) is 0 Å². The van der Waals surface area contributed by atoms with Crippen molar-refractivity contribution in [3.8, 4) is 17.0 Å². The van der Waals surface area contributed by atoms with Crippen LogP contribution in [0.15, 0.2) is 48.9 Å². The van der Waals surface area contributed by atoms with Crippen molar-refractivity contribution < 1.29 is 5.11 Å². The van der Waals surface area contributed by atoms with Gasteiger partial charge < -0.3 is 16.2 Å². The van der Waals surface area contributed by atoms with Crippen LogP contribution in [-0.4, -0.2) is 30.7 Å². The summed E-state index contributed by atoms with van der Waals surface area (Å²) in [6.45, 7) is 4.28. The smallest absolute Gasteiger partial charge is 0.161 e. The van der Waals surface area contributed by atoms with Gasteiger partial charge in [-0.15, -0.1) is 0 Å². The van der Waals surface area contributed by atoms with E-state index in [2.05, 4.69) is 29.2 Å². The highest BCUT2D eigenvalue weighted by atomic mass is 16.3. The zero-order valence-corrected chi connectivity index (χ0v) is 17.0. The van der Waals surface area contributed by atoms with Crippen LogP contribution in [0, 0.1) is 0 Å². The van der Waals surface area contributed by atoms with E-state index >= 15 is 0 Å². The molecule has 0 saturated carbocycles. The molecule has 5 rings (SSSR count). The van der Waals surface area contributed by atoms with Gasteiger partial charge in [0.05, 0.1) is 17.6 Å². The molecule has 0 unspecified atom stereocenters. The monoisotopic (exact) mass is 400 g/mol. The van der Waals surface area contributed by atoms with E-state index < -0.39 is 0 Å². The second kappa shape index (κ2) is 7.02. The predicted molar refractivity (Wildman–Crippen MR) is 118 cm³/mol. The number of nitrogens with one attached hydrogen (secondary N) is 1. The number of fused-ring (bicyclic) bond motifs is 2. The summed E-state index contributed by atoms with van der Waals surface area (Å²) >= 11 is 0. The Labute approximate surface area is 174 Å². The number of hydrogen-bond donors (Lipinski definition) is 3. The molecular formula is C23H24N6O. The zero-order chi connectivity index (χ0) is 20.8. The van der Waals surface area contributed by atoms with Crippen molar-refractivity contribution in [2.24, 2.45) is 0 Å². The Morgan fingerprint density at radius 3 is 2.73 bits per heavy atom. The Bertz CT molecular complexity index is 1250. The Balaban J connectivity index is 1.57. The molecular weight excluding hydrogens is 376 g/mol. The third-order valence-electron chi connectivity index (χ3n) is 5.65. The molecule has 0 fully saturated rings. The predicted octanol–water partition coefficient (Wildman–Crippen LogP) is 3.78. The van der Waals surface area contributed by atoms with Crippen molar-refractivity contribution >= 4 is 17.2 Å². The number of aromatic hydroxyl groups is 1. The van der Waals surface area contributed by atoms with Gasteiger partial charge in [-0.25, -0.2) is 4.98 Å². The first-order valence-electron chi connectivity index (χ1n) is 10.1. The lowest BCUT2D eigenvalue weighted by Crippen LogP contribution is -2.21. The van der Waals surface area contributed by atoms with Crippen molar-refractivity contribution in [3.05, 3.63) is 65.6 Å². The molecule has 3 aromatic heterocycles. The first-order valence-corrected chi connectivity index (χ1v) is 10.1. The molecule has 1 aliphatic rings. The molecule has 4 N–H and O–H groups in total. The number of benzene rings is 1. The highest BCUT2D eigenvalue weighted by molar-refractivity contribution is 5.69. The maximum Gasteiger partial charge on any atom is 0.161 e. The van der Waals surface area contributed by atoms with Gasteiger partial charge in [-0.2, -0.15) is 9.61 Å². The summed E-state index contributed by atoms with van der Waals surface area (Å²) in [7, 11) is 0. The topological polar surface area (TPSA) is 101 Å². The quantitative estimate of drug-likeness (QED) is 0.482. The van der Waals surface area contributed by atoms with Gasteiger partial charge in [0.25, 0.3) is 0 Å². The Morgan fingerprint density at radius 1 is 1.10 bits per heavy atom. The van der Waals surface area contributed by atoms with Gasteiger partial charge in [0, 0.05) is 35.6 Å². The SMILES string of the molecule is CC(C)c1cnn2c(N[C@H]3Cc4ccc(O)cc4C3)cc(-c3cncc(N)c3)nc12. The van der Waals surface area contributed by atoms with E-state index in [-0.39, 0.29) is 6.04 Å². The van der Waals surface area contributed by atoms with Gasteiger partial charge in [-0.1, -0.05) is 19.9 Å². The normalized spacial score (nSPS) is 15.6. The number of phenolic OH excluding ortho intramolecular Hbond substituents is 1. The molecule has 0 radical (unpaired) electrons. The third-order valence-corrected chi connectivity index (χ3v) is 5.65. The molecule has 1 aromatic carbocycles. The number of aromatic nitrogens is 4. The molecule has 0 aliphatic heterocycles. The van der Waals surface area contributed by atoms with Gasteiger partial charge >= 0.3 is 0 Å². The second-order valence-corrected chi connectivity index (χ2v) is 8.23. The highest BCUT2D eigenvalue weighted by Gasteiger charge is 2.23. The summed E-state index contributed by atoms with van der Waals surface area (Å²) in [5.41, 5.74) is 12.6. The summed E-state index contributed by atoms with van der Waals surface area (Å²) < 4.78 is 1.87.